The minimum atomic E-state index is -0.0986. The number of benzene rings is 2. The molecule has 3 rings (SSSR count). The number of hydrogen-bond donors (Lipinski definition) is 1. The molecule has 0 saturated carbocycles. The fourth-order valence-corrected chi connectivity index (χ4v) is 3.19. The maximum Gasteiger partial charge on any atom is 0.234 e. The molecule has 124 valence electrons. The number of nitrogens with zero attached hydrogens (tertiary/aromatic N) is 2. The van der Waals surface area contributed by atoms with E-state index >= 15 is 0 Å². The zero-order valence-electron chi connectivity index (χ0n) is 13.8. The predicted octanol–water partition coefficient (Wildman–Crippen LogP) is 3.89. The normalized spacial score (nSPS) is 10.2. The number of anilines is 1. The molecule has 0 unspecified atom stereocenters. The van der Waals surface area contributed by atoms with Crippen molar-refractivity contribution in [1.29, 1.82) is 0 Å². The molecule has 1 N–H and O–H groups in total. The van der Waals surface area contributed by atoms with Gasteiger partial charge >= 0.3 is 0 Å². The van der Waals surface area contributed by atoms with Crippen LogP contribution in [-0.2, 0) is 4.79 Å². The Morgan fingerprint density at radius 3 is 2.92 bits per heavy atom. The van der Waals surface area contributed by atoms with Crippen LogP contribution in [0.1, 0.15) is 11.1 Å². The van der Waals surface area contributed by atoms with E-state index in [4.69, 9.17) is 6.42 Å². The highest BCUT2D eigenvalue weighted by Gasteiger charge is 2.10. The molecule has 1 aromatic heterocycles. The summed E-state index contributed by atoms with van der Waals surface area (Å²) in [5, 5.41) is 3.64. The summed E-state index contributed by atoms with van der Waals surface area (Å²) in [7, 11) is 0. The van der Waals surface area contributed by atoms with E-state index in [1.165, 1.54) is 11.8 Å². The Kier molecular flexibility index (Phi) is 5.22. The van der Waals surface area contributed by atoms with Crippen molar-refractivity contribution in [3.05, 3.63) is 72.1 Å². The topological polar surface area (TPSA) is 46.9 Å². The lowest BCUT2D eigenvalue weighted by Crippen LogP contribution is -2.14. The first-order chi connectivity index (χ1) is 12.2. The number of carbonyl (C=O) groups is 1. The van der Waals surface area contributed by atoms with E-state index in [2.05, 4.69) is 29.2 Å². The number of carbonyl (C=O) groups excluding carboxylic acids is 1. The highest BCUT2D eigenvalue weighted by Crippen LogP contribution is 2.22. The highest BCUT2D eigenvalue weighted by atomic mass is 32.2. The van der Waals surface area contributed by atoms with Crippen molar-refractivity contribution in [2.45, 2.75) is 12.1 Å². The van der Waals surface area contributed by atoms with E-state index in [-0.39, 0.29) is 11.7 Å². The van der Waals surface area contributed by atoms with Gasteiger partial charge in [0.1, 0.15) is 0 Å². The second kappa shape index (κ2) is 7.73. The number of hydrogen-bond acceptors (Lipinski definition) is 3. The SMILES string of the molecule is C#Cc1cccc(NC(=O)CSc2nccn2-c2ccccc2C)c1. The van der Waals surface area contributed by atoms with Crippen LogP contribution < -0.4 is 5.32 Å². The second-order valence-electron chi connectivity index (χ2n) is 5.43. The number of terminal acetylenes is 1. The van der Waals surface area contributed by atoms with Gasteiger partial charge in [0.2, 0.25) is 5.91 Å². The van der Waals surface area contributed by atoms with Gasteiger partial charge in [-0.3, -0.25) is 9.36 Å². The maximum absolute atomic E-state index is 12.2. The quantitative estimate of drug-likeness (QED) is 0.562. The van der Waals surface area contributed by atoms with E-state index in [1.807, 2.05) is 47.2 Å². The predicted molar refractivity (Wildman–Crippen MR) is 102 cm³/mol. The van der Waals surface area contributed by atoms with Gasteiger partial charge in [0.15, 0.2) is 5.16 Å². The smallest absolute Gasteiger partial charge is 0.234 e. The summed E-state index contributed by atoms with van der Waals surface area (Å²) in [6.07, 6.45) is 9.02. The van der Waals surface area contributed by atoms with E-state index < -0.39 is 0 Å². The molecule has 0 fully saturated rings. The summed E-state index contributed by atoms with van der Waals surface area (Å²) >= 11 is 1.39. The van der Waals surface area contributed by atoms with Gasteiger partial charge in [-0.05, 0) is 36.8 Å². The molecule has 0 radical (unpaired) electrons. The van der Waals surface area contributed by atoms with Gasteiger partial charge in [-0.2, -0.15) is 0 Å². The maximum atomic E-state index is 12.2. The number of aromatic nitrogens is 2. The lowest BCUT2D eigenvalue weighted by molar-refractivity contribution is -0.113. The molecule has 1 heterocycles. The van der Waals surface area contributed by atoms with Crippen molar-refractivity contribution in [3.63, 3.8) is 0 Å². The second-order valence-corrected chi connectivity index (χ2v) is 6.37. The zero-order chi connectivity index (χ0) is 17.6. The Hall–Kier alpha value is -2.97. The van der Waals surface area contributed by atoms with Crippen LogP contribution >= 0.6 is 11.8 Å². The number of thioether (sulfide) groups is 1. The van der Waals surface area contributed by atoms with Gasteiger partial charge in [0.05, 0.1) is 11.4 Å². The van der Waals surface area contributed by atoms with Crippen molar-refractivity contribution in [2.24, 2.45) is 0 Å². The first-order valence-corrected chi connectivity index (χ1v) is 8.74. The number of imidazole rings is 1. The number of nitrogens with one attached hydrogen (secondary N) is 1. The Morgan fingerprint density at radius 2 is 2.12 bits per heavy atom. The van der Waals surface area contributed by atoms with Crippen LogP contribution in [0.5, 0.6) is 0 Å². The van der Waals surface area contributed by atoms with Crippen molar-refractivity contribution < 1.29 is 4.79 Å². The fraction of sp³-hybridized carbons (Fsp3) is 0.100. The third kappa shape index (κ3) is 4.11. The van der Waals surface area contributed by atoms with Crippen LogP contribution in [0.4, 0.5) is 5.69 Å². The van der Waals surface area contributed by atoms with Crippen LogP contribution in [0.15, 0.2) is 66.1 Å². The zero-order valence-corrected chi connectivity index (χ0v) is 14.6. The number of para-hydroxylation sites is 1. The van der Waals surface area contributed by atoms with Crippen LogP contribution in [-0.4, -0.2) is 21.2 Å². The Bertz CT molecular complexity index is 940. The van der Waals surface area contributed by atoms with Crippen molar-refractivity contribution in [2.75, 3.05) is 11.1 Å². The molecule has 4 nitrogen and oxygen atoms in total. The van der Waals surface area contributed by atoms with Crippen LogP contribution in [0.3, 0.4) is 0 Å². The van der Waals surface area contributed by atoms with Gasteiger partial charge < -0.3 is 5.32 Å². The fourth-order valence-electron chi connectivity index (χ4n) is 2.43. The molecule has 0 spiro atoms. The molecule has 0 saturated heterocycles. The Morgan fingerprint density at radius 1 is 1.28 bits per heavy atom. The molecule has 25 heavy (non-hydrogen) atoms. The third-order valence-electron chi connectivity index (χ3n) is 3.63. The minimum absolute atomic E-state index is 0.0986. The van der Waals surface area contributed by atoms with Gasteiger partial charge in [0, 0.05) is 23.6 Å². The first-order valence-electron chi connectivity index (χ1n) is 7.76. The van der Waals surface area contributed by atoms with Crippen molar-refractivity contribution in [1.82, 2.24) is 9.55 Å². The summed E-state index contributed by atoms with van der Waals surface area (Å²) in [5.74, 6) is 2.72. The summed E-state index contributed by atoms with van der Waals surface area (Å²) in [4.78, 5) is 16.6. The molecular weight excluding hydrogens is 330 g/mol. The molecule has 0 aliphatic rings. The van der Waals surface area contributed by atoms with Gasteiger partial charge in [0.25, 0.3) is 0 Å². The third-order valence-corrected chi connectivity index (χ3v) is 4.59. The average molecular weight is 347 g/mol. The number of aryl methyl sites for hydroxylation is 1. The summed E-state index contributed by atoms with van der Waals surface area (Å²) in [5.41, 5.74) is 3.64. The number of rotatable bonds is 5. The number of amides is 1. The van der Waals surface area contributed by atoms with Gasteiger partial charge in [-0.25, -0.2) is 4.98 Å². The Labute approximate surface area is 151 Å². The van der Waals surface area contributed by atoms with Gasteiger partial charge in [-0.15, -0.1) is 6.42 Å². The molecule has 1 amide bonds. The van der Waals surface area contributed by atoms with E-state index in [0.29, 0.717) is 5.69 Å². The molecule has 2 aromatic carbocycles. The van der Waals surface area contributed by atoms with Gasteiger partial charge in [-0.1, -0.05) is 41.9 Å². The Balaban J connectivity index is 1.67. The van der Waals surface area contributed by atoms with Crippen molar-refractivity contribution in [3.8, 4) is 18.0 Å². The molecule has 0 atom stereocenters. The minimum Gasteiger partial charge on any atom is -0.325 e. The van der Waals surface area contributed by atoms with E-state index in [9.17, 15) is 4.79 Å². The molecule has 0 aliphatic carbocycles. The van der Waals surface area contributed by atoms with Crippen molar-refractivity contribution >= 4 is 23.4 Å². The monoisotopic (exact) mass is 347 g/mol. The van der Waals surface area contributed by atoms with E-state index in [0.717, 1.165) is 22.0 Å². The lowest BCUT2D eigenvalue weighted by atomic mass is 10.2. The molecular formula is C20H17N3OS. The van der Waals surface area contributed by atoms with Crippen LogP contribution in [0.2, 0.25) is 0 Å². The molecule has 0 aliphatic heterocycles. The van der Waals surface area contributed by atoms with Crippen LogP contribution in [0, 0.1) is 19.3 Å². The lowest BCUT2D eigenvalue weighted by Gasteiger charge is -2.10. The standard InChI is InChI=1S/C20H17N3OS/c1-3-16-8-6-9-17(13-16)22-19(24)14-25-20-21-11-12-23(20)18-10-5-4-7-15(18)2/h1,4-13H,14H2,2H3,(H,22,24). The van der Waals surface area contributed by atoms with E-state index in [1.54, 1.807) is 12.3 Å². The molecule has 0 bridgehead atoms. The van der Waals surface area contributed by atoms with Crippen LogP contribution in [0.25, 0.3) is 5.69 Å². The summed E-state index contributed by atoms with van der Waals surface area (Å²) in [6.45, 7) is 2.05. The molecule has 3 aromatic rings. The average Bonchev–Trinajstić information content (AvgIpc) is 3.09. The summed E-state index contributed by atoms with van der Waals surface area (Å²) in [6, 6.07) is 15.3. The molecule has 5 heteroatoms. The largest absolute Gasteiger partial charge is 0.325 e. The first kappa shape index (κ1) is 16.9. The highest BCUT2D eigenvalue weighted by molar-refractivity contribution is 7.99. The summed E-state index contributed by atoms with van der Waals surface area (Å²) < 4.78 is 1.99.